The lowest BCUT2D eigenvalue weighted by Crippen LogP contribution is -2.38. The van der Waals surface area contributed by atoms with Crippen LogP contribution in [0.25, 0.3) is 0 Å². The molecule has 26 heavy (non-hydrogen) atoms. The van der Waals surface area contributed by atoms with Crippen LogP contribution in [0.3, 0.4) is 0 Å². The summed E-state index contributed by atoms with van der Waals surface area (Å²) in [7, 11) is 4.14. The summed E-state index contributed by atoms with van der Waals surface area (Å²) in [5.74, 6) is 0.597. The molecule has 140 valence electrons. The van der Waals surface area contributed by atoms with Gasteiger partial charge in [0, 0.05) is 19.6 Å². The van der Waals surface area contributed by atoms with E-state index in [1.54, 1.807) is 0 Å². The zero-order valence-corrected chi connectivity index (χ0v) is 15.9. The van der Waals surface area contributed by atoms with Crippen LogP contribution in [0.1, 0.15) is 23.6 Å². The molecule has 2 aromatic carbocycles. The van der Waals surface area contributed by atoms with Gasteiger partial charge in [-0.25, -0.2) is 9.38 Å². The molecule has 0 saturated heterocycles. The third kappa shape index (κ3) is 7.23. The summed E-state index contributed by atoms with van der Waals surface area (Å²) in [4.78, 5) is 6.80. The SMILES string of the molecule is CCNC(=NCc1ccc(CN(C)C)cc1)NCCc1ccc(F)cc1. The number of aliphatic imine (C=N–C) groups is 1. The van der Waals surface area contributed by atoms with Gasteiger partial charge in [0.15, 0.2) is 5.96 Å². The third-order valence-electron chi connectivity index (χ3n) is 3.91. The molecule has 0 unspecified atom stereocenters. The van der Waals surface area contributed by atoms with Crippen molar-refractivity contribution in [2.45, 2.75) is 26.4 Å². The first-order valence-corrected chi connectivity index (χ1v) is 9.06. The highest BCUT2D eigenvalue weighted by Crippen LogP contribution is 2.07. The molecule has 0 radical (unpaired) electrons. The summed E-state index contributed by atoms with van der Waals surface area (Å²) in [5.41, 5.74) is 3.58. The molecule has 2 rings (SSSR count). The number of benzene rings is 2. The monoisotopic (exact) mass is 356 g/mol. The van der Waals surface area contributed by atoms with Crippen LogP contribution in [-0.4, -0.2) is 38.0 Å². The van der Waals surface area contributed by atoms with Gasteiger partial charge < -0.3 is 15.5 Å². The number of hydrogen-bond acceptors (Lipinski definition) is 2. The van der Waals surface area contributed by atoms with E-state index in [2.05, 4.69) is 58.9 Å². The molecule has 0 aromatic heterocycles. The van der Waals surface area contributed by atoms with Crippen molar-refractivity contribution in [3.63, 3.8) is 0 Å². The Kier molecular flexibility index (Phi) is 8.09. The summed E-state index contributed by atoms with van der Waals surface area (Å²) in [5, 5.41) is 6.59. The van der Waals surface area contributed by atoms with E-state index in [0.29, 0.717) is 6.54 Å². The largest absolute Gasteiger partial charge is 0.357 e. The molecule has 0 spiro atoms. The Hall–Kier alpha value is -2.40. The maximum atomic E-state index is 12.9. The minimum Gasteiger partial charge on any atom is -0.357 e. The normalized spacial score (nSPS) is 11.7. The van der Waals surface area contributed by atoms with Crippen molar-refractivity contribution < 1.29 is 4.39 Å². The second kappa shape index (κ2) is 10.6. The minimum atomic E-state index is -0.201. The van der Waals surface area contributed by atoms with Crippen LogP contribution in [-0.2, 0) is 19.5 Å². The van der Waals surface area contributed by atoms with Gasteiger partial charge in [-0.3, -0.25) is 0 Å². The summed E-state index contributed by atoms with van der Waals surface area (Å²) < 4.78 is 12.9. The zero-order valence-electron chi connectivity index (χ0n) is 15.9. The Bertz CT molecular complexity index is 678. The maximum absolute atomic E-state index is 12.9. The summed E-state index contributed by atoms with van der Waals surface area (Å²) in [6.45, 7) is 5.18. The van der Waals surface area contributed by atoms with Gasteiger partial charge in [-0.15, -0.1) is 0 Å². The highest BCUT2D eigenvalue weighted by molar-refractivity contribution is 5.79. The minimum absolute atomic E-state index is 0.201. The van der Waals surface area contributed by atoms with E-state index in [1.165, 1.54) is 23.3 Å². The van der Waals surface area contributed by atoms with Crippen molar-refractivity contribution in [1.82, 2.24) is 15.5 Å². The van der Waals surface area contributed by atoms with E-state index < -0.39 is 0 Å². The summed E-state index contributed by atoms with van der Waals surface area (Å²) in [6.07, 6.45) is 0.823. The van der Waals surface area contributed by atoms with E-state index in [1.807, 2.05) is 19.1 Å². The number of halogens is 1. The highest BCUT2D eigenvalue weighted by Gasteiger charge is 2.00. The van der Waals surface area contributed by atoms with Gasteiger partial charge in [0.25, 0.3) is 0 Å². The topological polar surface area (TPSA) is 39.7 Å². The number of nitrogens with zero attached hydrogens (tertiary/aromatic N) is 2. The van der Waals surface area contributed by atoms with E-state index in [0.717, 1.165) is 37.6 Å². The Balaban J connectivity index is 1.86. The first kappa shape index (κ1) is 19.9. The third-order valence-corrected chi connectivity index (χ3v) is 3.91. The van der Waals surface area contributed by atoms with Crippen molar-refractivity contribution in [3.05, 3.63) is 71.0 Å². The Morgan fingerprint density at radius 2 is 1.54 bits per heavy atom. The molecule has 0 saturated carbocycles. The first-order chi connectivity index (χ1) is 12.6. The molecule has 0 fully saturated rings. The quantitative estimate of drug-likeness (QED) is 0.564. The smallest absolute Gasteiger partial charge is 0.191 e. The number of rotatable bonds is 8. The molecule has 5 heteroatoms. The van der Waals surface area contributed by atoms with Gasteiger partial charge in [0.1, 0.15) is 5.82 Å². The van der Waals surface area contributed by atoms with E-state index in [4.69, 9.17) is 0 Å². The average molecular weight is 356 g/mol. The predicted molar refractivity (Wildman–Crippen MR) is 107 cm³/mol. The van der Waals surface area contributed by atoms with Crippen molar-refractivity contribution in [3.8, 4) is 0 Å². The van der Waals surface area contributed by atoms with E-state index in [9.17, 15) is 4.39 Å². The Labute approximate surface area is 156 Å². The van der Waals surface area contributed by atoms with E-state index >= 15 is 0 Å². The standard InChI is InChI=1S/C21H29FN4/c1-4-23-21(24-14-13-17-9-11-20(22)12-10-17)25-15-18-5-7-19(8-6-18)16-26(2)3/h5-12H,4,13-16H2,1-3H3,(H2,23,24,25). The fourth-order valence-electron chi connectivity index (χ4n) is 2.60. The predicted octanol–water partition coefficient (Wildman–Crippen LogP) is 3.19. The number of guanidine groups is 1. The molecule has 0 heterocycles. The first-order valence-electron chi connectivity index (χ1n) is 9.06. The highest BCUT2D eigenvalue weighted by atomic mass is 19.1. The van der Waals surface area contributed by atoms with Crippen LogP contribution in [0.5, 0.6) is 0 Å². The molecule has 0 aliphatic carbocycles. The van der Waals surface area contributed by atoms with Crippen molar-refractivity contribution in [2.75, 3.05) is 27.2 Å². The van der Waals surface area contributed by atoms with Gasteiger partial charge in [-0.1, -0.05) is 36.4 Å². The second-order valence-electron chi connectivity index (χ2n) is 6.55. The molecular weight excluding hydrogens is 327 g/mol. The second-order valence-corrected chi connectivity index (χ2v) is 6.55. The van der Waals surface area contributed by atoms with Crippen molar-refractivity contribution in [2.24, 2.45) is 4.99 Å². The van der Waals surface area contributed by atoms with Gasteiger partial charge in [0.05, 0.1) is 6.54 Å². The molecule has 0 atom stereocenters. The molecule has 0 bridgehead atoms. The van der Waals surface area contributed by atoms with Crippen LogP contribution < -0.4 is 10.6 Å². The molecular formula is C21H29FN4. The Morgan fingerprint density at radius 1 is 0.923 bits per heavy atom. The summed E-state index contributed by atoms with van der Waals surface area (Å²) in [6, 6.07) is 15.2. The average Bonchev–Trinajstić information content (AvgIpc) is 2.62. The van der Waals surface area contributed by atoms with Crippen LogP contribution >= 0.6 is 0 Å². The zero-order chi connectivity index (χ0) is 18.8. The lowest BCUT2D eigenvalue weighted by molar-refractivity contribution is 0.402. The van der Waals surface area contributed by atoms with Gasteiger partial charge in [-0.2, -0.15) is 0 Å². The number of nitrogens with one attached hydrogen (secondary N) is 2. The fraction of sp³-hybridized carbons (Fsp3) is 0.381. The van der Waals surface area contributed by atoms with Crippen LogP contribution in [0, 0.1) is 5.82 Å². The lowest BCUT2D eigenvalue weighted by atomic mass is 10.1. The molecule has 0 aliphatic rings. The lowest BCUT2D eigenvalue weighted by Gasteiger charge is -2.12. The van der Waals surface area contributed by atoms with Crippen molar-refractivity contribution in [1.29, 1.82) is 0 Å². The van der Waals surface area contributed by atoms with E-state index in [-0.39, 0.29) is 5.82 Å². The van der Waals surface area contributed by atoms with Gasteiger partial charge in [0.2, 0.25) is 0 Å². The maximum Gasteiger partial charge on any atom is 0.191 e. The van der Waals surface area contributed by atoms with Crippen LogP contribution in [0.2, 0.25) is 0 Å². The number of hydrogen-bond donors (Lipinski definition) is 2. The summed E-state index contributed by atoms with van der Waals surface area (Å²) >= 11 is 0. The van der Waals surface area contributed by atoms with Crippen molar-refractivity contribution >= 4 is 5.96 Å². The molecule has 0 aliphatic heterocycles. The molecule has 0 amide bonds. The van der Waals surface area contributed by atoms with Gasteiger partial charge >= 0.3 is 0 Å². The molecule has 4 nitrogen and oxygen atoms in total. The Morgan fingerprint density at radius 3 is 2.15 bits per heavy atom. The molecule has 2 aromatic rings. The van der Waals surface area contributed by atoms with Gasteiger partial charge in [-0.05, 0) is 56.3 Å². The van der Waals surface area contributed by atoms with Crippen LogP contribution in [0.4, 0.5) is 4.39 Å². The van der Waals surface area contributed by atoms with Crippen LogP contribution in [0.15, 0.2) is 53.5 Å². The fourth-order valence-corrected chi connectivity index (χ4v) is 2.60. The molecule has 2 N–H and O–H groups in total.